The van der Waals surface area contributed by atoms with Crippen LogP contribution in [0, 0.1) is 10.8 Å². The maximum atomic E-state index is 12.0. The Bertz CT molecular complexity index is 3800. The maximum absolute atomic E-state index is 12.0. The Morgan fingerprint density at radius 3 is 0.866 bits per heavy atom. The first-order valence-corrected chi connectivity index (χ1v) is 28.1. The van der Waals surface area contributed by atoms with Crippen LogP contribution in [0.4, 0.5) is 56.9 Å². The van der Waals surface area contributed by atoms with Crippen LogP contribution in [0.3, 0.4) is 0 Å². The van der Waals surface area contributed by atoms with Crippen molar-refractivity contribution in [1.82, 2.24) is 0 Å². The van der Waals surface area contributed by atoms with E-state index in [1.54, 1.807) is 72.8 Å². The first kappa shape index (κ1) is 58.0. The van der Waals surface area contributed by atoms with Crippen molar-refractivity contribution in [2.75, 3.05) is 59.3 Å². The number of hydrogen-bond donors (Lipinski definition) is 6. The van der Waals surface area contributed by atoms with Crippen LogP contribution in [-0.4, -0.2) is 66.1 Å². The summed E-state index contributed by atoms with van der Waals surface area (Å²) < 4.78 is 67.4. The minimum Gasteiger partial charge on any atom is -0.396 e. The van der Waals surface area contributed by atoms with E-state index in [0.29, 0.717) is 34.1 Å². The molecule has 0 saturated carbocycles. The normalized spacial score (nSPS) is 11.3. The summed E-state index contributed by atoms with van der Waals surface area (Å²) >= 11 is 0. The van der Waals surface area contributed by atoms with Crippen molar-refractivity contribution >= 4 is 111 Å². The summed E-state index contributed by atoms with van der Waals surface area (Å²) in [7, 11) is -1.47. The largest absolute Gasteiger partial charge is 0.396 e. The summed E-state index contributed by atoms with van der Waals surface area (Å²) in [4.78, 5) is 6.79. The van der Waals surface area contributed by atoms with Crippen molar-refractivity contribution in [3.8, 4) is 11.1 Å². The van der Waals surface area contributed by atoms with E-state index in [9.17, 15) is 25.9 Å². The second kappa shape index (κ2) is 25.8. The molecule has 0 aliphatic heterocycles. The number of fused-ring (bicyclic) bond motifs is 2. The van der Waals surface area contributed by atoms with Gasteiger partial charge in [-0.2, -0.15) is 27.1 Å². The number of azo groups is 2. The van der Waals surface area contributed by atoms with Crippen LogP contribution >= 0.6 is 0 Å². The molecule has 0 aromatic heterocycles. The number of nitrogens with one attached hydrogen (secondary N) is 2. The fourth-order valence-electron chi connectivity index (χ4n) is 8.50. The van der Waals surface area contributed by atoms with Crippen LogP contribution in [0.5, 0.6) is 0 Å². The lowest BCUT2D eigenvalue weighted by Crippen LogP contribution is -2.39. The van der Waals surface area contributed by atoms with E-state index in [0.717, 1.165) is 33.9 Å². The van der Waals surface area contributed by atoms with Gasteiger partial charge in [-0.15, -0.1) is 10.2 Å². The predicted molar refractivity (Wildman–Crippen MR) is 331 cm³/mol. The minimum atomic E-state index is -4.53. The number of rotatable bonds is 11. The van der Waals surface area contributed by atoms with E-state index in [1.807, 2.05) is 193 Å². The maximum Gasteiger partial charge on any atom is 0.295 e. The van der Waals surface area contributed by atoms with Gasteiger partial charge in [0.15, 0.2) is 0 Å². The molecule has 8 N–H and O–H groups in total. The lowest BCUT2D eigenvalue weighted by atomic mass is 10.1. The standard InChI is InChI=1S/C32H24N6O6S2.2C15H17N3/c33-31-25-7-3-1-5-23(25)29(45(39,40)41)17-27(31)37-35-21-13-9-19(10-14-21)20-11-15-22(16-12-20)36-38-28-18-30(46(42,43)44)24-6-2-4-8-26(24)32(28)34;2*1-17(13-9-5-3-6-10-13)15(16)18(2)14-11-7-4-8-12-14/h1-18H,33-34H2,(H,39,40,41)(H,42,43,44);2*3-12,16H,1-2H3. The molecule has 0 radical (unpaired) electrons. The van der Waals surface area contributed by atoms with Crippen molar-refractivity contribution < 1.29 is 25.9 Å². The van der Waals surface area contributed by atoms with Gasteiger partial charge >= 0.3 is 0 Å². The van der Waals surface area contributed by atoms with Crippen LogP contribution in [0.1, 0.15) is 0 Å². The van der Waals surface area contributed by atoms with Gasteiger partial charge in [0.05, 0.1) is 22.7 Å². The molecule has 10 rings (SSSR count). The van der Waals surface area contributed by atoms with Gasteiger partial charge in [0.1, 0.15) is 21.2 Å². The number of hydrogen-bond acceptors (Lipinski definition) is 12. The second-order valence-electron chi connectivity index (χ2n) is 18.4. The molecule has 414 valence electrons. The lowest BCUT2D eigenvalue weighted by Gasteiger charge is -2.28. The highest BCUT2D eigenvalue weighted by Crippen LogP contribution is 2.39. The number of nitrogen functional groups attached to an aromatic ring is 2. The van der Waals surface area contributed by atoms with Crippen molar-refractivity contribution in [2.45, 2.75) is 9.79 Å². The van der Waals surface area contributed by atoms with E-state index >= 15 is 0 Å². The van der Waals surface area contributed by atoms with Crippen LogP contribution in [-0.2, 0) is 20.2 Å². The van der Waals surface area contributed by atoms with E-state index < -0.39 is 20.2 Å². The fraction of sp³-hybridized carbons (Fsp3) is 0.0645. The Balaban J connectivity index is 0.000000199. The summed E-state index contributed by atoms with van der Waals surface area (Å²) in [6.45, 7) is 0. The van der Waals surface area contributed by atoms with Gasteiger partial charge in [-0.05, 0) is 96.1 Å². The third-order valence-electron chi connectivity index (χ3n) is 13.1. The minimum absolute atomic E-state index is 0.0970. The Labute approximate surface area is 476 Å². The van der Waals surface area contributed by atoms with Gasteiger partial charge in [0.25, 0.3) is 20.2 Å². The molecule has 0 unspecified atom stereocenters. The molecular weight excluding hydrogens is 1070 g/mol. The summed E-state index contributed by atoms with van der Waals surface area (Å²) in [5.74, 6) is 0.875. The molecule has 10 aromatic carbocycles. The Morgan fingerprint density at radius 1 is 0.366 bits per heavy atom. The summed E-state index contributed by atoms with van der Waals surface area (Å²) in [5.41, 5.74) is 19.8. The molecule has 0 saturated heterocycles. The number of para-hydroxylation sites is 4. The highest BCUT2D eigenvalue weighted by Gasteiger charge is 2.21. The summed E-state index contributed by atoms with van der Waals surface area (Å²) in [6.07, 6.45) is 0. The molecular formula is C62H58N12O6S2. The first-order valence-electron chi connectivity index (χ1n) is 25.2. The lowest BCUT2D eigenvalue weighted by molar-refractivity contribution is 0.482. The molecule has 0 aliphatic carbocycles. The zero-order valence-electron chi connectivity index (χ0n) is 45.0. The first-order chi connectivity index (χ1) is 39.3. The van der Waals surface area contributed by atoms with Crippen molar-refractivity contribution in [2.24, 2.45) is 20.5 Å². The topological polar surface area (TPSA) is 271 Å². The summed E-state index contributed by atoms with van der Waals surface area (Å²) in [6, 6.07) is 69.3. The zero-order chi connectivity index (χ0) is 58.6. The number of guanidine groups is 2. The van der Waals surface area contributed by atoms with E-state index in [1.165, 1.54) is 12.1 Å². The quantitative estimate of drug-likeness (QED) is 0.0232. The molecule has 0 aliphatic rings. The van der Waals surface area contributed by atoms with Crippen molar-refractivity contribution in [3.63, 3.8) is 0 Å². The van der Waals surface area contributed by atoms with Crippen LogP contribution in [0.25, 0.3) is 32.7 Å². The molecule has 18 nitrogen and oxygen atoms in total. The van der Waals surface area contributed by atoms with Gasteiger partial charge in [-0.3, -0.25) is 19.9 Å². The molecule has 82 heavy (non-hydrogen) atoms. The molecule has 0 bridgehead atoms. The fourth-order valence-corrected chi connectivity index (χ4v) is 9.94. The van der Waals surface area contributed by atoms with Crippen LogP contribution < -0.4 is 31.1 Å². The van der Waals surface area contributed by atoms with E-state index in [2.05, 4.69) is 20.5 Å². The molecule has 0 amide bonds. The Morgan fingerprint density at radius 2 is 0.610 bits per heavy atom. The van der Waals surface area contributed by atoms with E-state index in [-0.39, 0.29) is 43.3 Å². The predicted octanol–water partition coefficient (Wildman–Crippen LogP) is 14.5. The van der Waals surface area contributed by atoms with Gasteiger partial charge in [-0.1, -0.05) is 146 Å². The van der Waals surface area contributed by atoms with Gasteiger partial charge in [0.2, 0.25) is 11.9 Å². The third-order valence-corrected chi connectivity index (χ3v) is 14.9. The van der Waals surface area contributed by atoms with Crippen LogP contribution in [0.15, 0.2) is 261 Å². The van der Waals surface area contributed by atoms with Crippen molar-refractivity contribution in [1.29, 1.82) is 10.8 Å². The monoisotopic (exact) mass is 1130 g/mol. The summed E-state index contributed by atoms with van der Waals surface area (Å²) in [5, 5.41) is 34.5. The number of nitrogens with zero attached hydrogens (tertiary/aromatic N) is 8. The number of benzene rings is 10. The SMILES string of the molecule is CN(C(=N)N(C)c1ccccc1)c1ccccc1.CN(C(=N)N(C)c1ccccc1)c1ccccc1.Nc1c(N=Nc2ccc(-c3ccc(N=Nc4cc(S(=O)(=O)O)c5ccccc5c4N)cc3)cc2)cc(S(=O)(=O)O)c2ccccc12. The van der Waals surface area contributed by atoms with E-state index in [4.69, 9.17) is 22.3 Å². The Kier molecular flexibility index (Phi) is 18.2. The molecule has 0 heterocycles. The van der Waals surface area contributed by atoms with Crippen molar-refractivity contribution in [3.05, 3.63) is 231 Å². The third kappa shape index (κ3) is 14.0. The molecule has 0 atom stereocenters. The van der Waals surface area contributed by atoms with Crippen LogP contribution in [0.2, 0.25) is 0 Å². The number of anilines is 6. The highest BCUT2D eigenvalue weighted by molar-refractivity contribution is 7.86. The molecule has 0 spiro atoms. The van der Waals surface area contributed by atoms with Gasteiger partial charge in [0, 0.05) is 72.5 Å². The average Bonchev–Trinajstić information content (AvgIpc) is 3.66. The highest BCUT2D eigenvalue weighted by atomic mass is 32.2. The van der Waals surface area contributed by atoms with Gasteiger partial charge in [-0.25, -0.2) is 0 Å². The molecule has 20 heteroatoms. The van der Waals surface area contributed by atoms with Gasteiger partial charge < -0.3 is 31.1 Å². The second-order valence-corrected chi connectivity index (χ2v) is 21.2. The molecule has 10 aromatic rings. The average molecular weight is 1130 g/mol. The molecule has 0 fully saturated rings. The number of nitrogens with two attached hydrogens (primary N) is 2. The zero-order valence-corrected chi connectivity index (χ0v) is 46.6. The Hall–Kier alpha value is -10.1. The smallest absolute Gasteiger partial charge is 0.295 e.